The molecule has 0 aromatic heterocycles. The van der Waals surface area contributed by atoms with E-state index in [4.69, 9.17) is 5.73 Å². The first-order valence-corrected chi connectivity index (χ1v) is 7.90. The van der Waals surface area contributed by atoms with Crippen LogP contribution in [0.5, 0.6) is 0 Å². The lowest BCUT2D eigenvalue weighted by molar-refractivity contribution is 0.223. The first-order chi connectivity index (χ1) is 8.43. The number of nitrogens with zero attached hydrogens (tertiary/aromatic N) is 1. The zero-order valence-corrected chi connectivity index (χ0v) is 14.1. The Labute approximate surface area is 126 Å². The molecule has 1 atom stereocenters. The molecule has 1 aromatic rings. The van der Waals surface area contributed by atoms with E-state index in [1.165, 1.54) is 12.0 Å². The van der Waals surface area contributed by atoms with Crippen LogP contribution in [0.25, 0.3) is 0 Å². The number of rotatable bonds is 3. The molecule has 100 valence electrons. The van der Waals surface area contributed by atoms with E-state index < -0.39 is 0 Å². The molecule has 1 aliphatic heterocycles. The Bertz CT molecular complexity index is 432. The number of hydrogen-bond acceptors (Lipinski definition) is 2. The van der Waals surface area contributed by atoms with Crippen LogP contribution >= 0.6 is 31.9 Å². The fraction of sp³-hybridized carbons (Fsp3) is 0.571. The molecular formula is C14H20Br2N2. The van der Waals surface area contributed by atoms with Crippen molar-refractivity contribution in [2.24, 2.45) is 11.1 Å². The molecule has 0 bridgehead atoms. The average Bonchev–Trinajstić information content (AvgIpc) is 2.65. The van der Waals surface area contributed by atoms with Crippen molar-refractivity contribution in [2.45, 2.75) is 26.3 Å². The van der Waals surface area contributed by atoms with Crippen molar-refractivity contribution in [1.29, 1.82) is 0 Å². The molecule has 1 unspecified atom stereocenters. The van der Waals surface area contributed by atoms with Crippen LogP contribution in [0.3, 0.4) is 0 Å². The quantitative estimate of drug-likeness (QED) is 0.866. The highest BCUT2D eigenvalue weighted by molar-refractivity contribution is 9.13. The minimum absolute atomic E-state index is 0.330. The molecule has 2 rings (SSSR count). The Morgan fingerprint density at radius 2 is 2.06 bits per heavy atom. The van der Waals surface area contributed by atoms with Gasteiger partial charge in [0.2, 0.25) is 0 Å². The summed E-state index contributed by atoms with van der Waals surface area (Å²) in [5, 5.41) is 0. The third-order valence-electron chi connectivity index (χ3n) is 3.70. The van der Waals surface area contributed by atoms with Crippen molar-refractivity contribution in [1.82, 2.24) is 4.90 Å². The Morgan fingerprint density at radius 1 is 1.33 bits per heavy atom. The van der Waals surface area contributed by atoms with E-state index in [1.54, 1.807) is 0 Å². The highest BCUT2D eigenvalue weighted by Gasteiger charge is 2.33. The molecule has 2 N–H and O–H groups in total. The second-order valence-corrected chi connectivity index (χ2v) is 7.52. The van der Waals surface area contributed by atoms with E-state index in [0.717, 1.165) is 22.0 Å². The molecule has 1 heterocycles. The third kappa shape index (κ3) is 3.16. The average molecular weight is 376 g/mol. The molecule has 1 saturated heterocycles. The molecule has 1 aromatic carbocycles. The van der Waals surface area contributed by atoms with Crippen LogP contribution in [0.2, 0.25) is 0 Å². The summed E-state index contributed by atoms with van der Waals surface area (Å²) in [6.45, 7) is 7.60. The van der Waals surface area contributed by atoms with Gasteiger partial charge >= 0.3 is 0 Å². The summed E-state index contributed by atoms with van der Waals surface area (Å²) in [6.07, 6.45) is 1.25. The standard InChI is InChI=1S/C14H20Br2N2/c1-14(2)5-6-18(9-14)13(8-17)10-3-4-11(15)12(16)7-10/h3-4,7,13H,5-6,8-9,17H2,1-2H3. The van der Waals surface area contributed by atoms with Gasteiger partial charge in [0.05, 0.1) is 0 Å². The smallest absolute Gasteiger partial charge is 0.0471 e. The van der Waals surface area contributed by atoms with Gasteiger partial charge in [-0.1, -0.05) is 19.9 Å². The van der Waals surface area contributed by atoms with Gasteiger partial charge in [0, 0.05) is 28.1 Å². The molecule has 1 fully saturated rings. The van der Waals surface area contributed by atoms with Crippen molar-refractivity contribution >= 4 is 31.9 Å². The number of nitrogens with two attached hydrogens (primary N) is 1. The molecule has 0 amide bonds. The number of hydrogen-bond donors (Lipinski definition) is 1. The maximum Gasteiger partial charge on any atom is 0.0471 e. The molecule has 0 saturated carbocycles. The molecule has 0 spiro atoms. The second-order valence-electron chi connectivity index (χ2n) is 5.81. The van der Waals surface area contributed by atoms with Gasteiger partial charge in [-0.3, -0.25) is 4.90 Å². The van der Waals surface area contributed by atoms with Gasteiger partial charge in [-0.25, -0.2) is 0 Å². The van der Waals surface area contributed by atoms with Crippen molar-refractivity contribution in [2.75, 3.05) is 19.6 Å². The summed E-state index contributed by atoms with van der Waals surface area (Å²) >= 11 is 7.08. The van der Waals surface area contributed by atoms with Gasteiger partial charge < -0.3 is 5.73 Å². The number of benzene rings is 1. The van der Waals surface area contributed by atoms with Crippen LogP contribution < -0.4 is 5.73 Å². The Hall–Kier alpha value is 0.1000. The summed E-state index contributed by atoms with van der Waals surface area (Å²) in [6, 6.07) is 6.75. The zero-order chi connectivity index (χ0) is 13.3. The molecule has 18 heavy (non-hydrogen) atoms. The first-order valence-electron chi connectivity index (χ1n) is 6.32. The Balaban J connectivity index is 2.21. The normalized spacial score (nSPS) is 21.2. The van der Waals surface area contributed by atoms with Crippen LogP contribution in [0.1, 0.15) is 31.9 Å². The van der Waals surface area contributed by atoms with Gasteiger partial charge in [-0.15, -0.1) is 0 Å². The van der Waals surface area contributed by atoms with Crippen LogP contribution in [0.4, 0.5) is 0 Å². The minimum Gasteiger partial charge on any atom is -0.329 e. The van der Waals surface area contributed by atoms with Crippen molar-refractivity contribution < 1.29 is 0 Å². The molecule has 0 radical (unpaired) electrons. The zero-order valence-electron chi connectivity index (χ0n) is 10.9. The fourth-order valence-electron chi connectivity index (χ4n) is 2.64. The van der Waals surface area contributed by atoms with E-state index in [0.29, 0.717) is 18.0 Å². The first kappa shape index (κ1) is 14.5. The summed E-state index contributed by atoms with van der Waals surface area (Å²) in [4.78, 5) is 2.51. The SMILES string of the molecule is CC1(C)CCN(C(CN)c2ccc(Br)c(Br)c2)C1. The molecule has 0 aliphatic carbocycles. The van der Waals surface area contributed by atoms with Crippen molar-refractivity contribution in [3.05, 3.63) is 32.7 Å². The predicted octanol–water partition coefficient (Wildman–Crippen LogP) is 3.94. The van der Waals surface area contributed by atoms with Gasteiger partial charge in [-0.05, 0) is 67.9 Å². The molecule has 4 heteroatoms. The number of likely N-dealkylation sites (tertiary alicyclic amines) is 1. The van der Waals surface area contributed by atoms with Crippen LogP contribution in [0.15, 0.2) is 27.1 Å². The van der Waals surface area contributed by atoms with Gasteiger partial charge in [0.1, 0.15) is 0 Å². The minimum atomic E-state index is 0.330. The largest absolute Gasteiger partial charge is 0.329 e. The molecule has 2 nitrogen and oxygen atoms in total. The van der Waals surface area contributed by atoms with Gasteiger partial charge in [0.15, 0.2) is 0 Å². The van der Waals surface area contributed by atoms with E-state index in [1.807, 2.05) is 0 Å². The lowest BCUT2D eigenvalue weighted by Crippen LogP contribution is -2.33. The third-order valence-corrected chi connectivity index (χ3v) is 5.58. The van der Waals surface area contributed by atoms with Crippen molar-refractivity contribution in [3.63, 3.8) is 0 Å². The predicted molar refractivity (Wildman–Crippen MR) is 83.6 cm³/mol. The highest BCUT2D eigenvalue weighted by Crippen LogP contribution is 2.35. The molecular weight excluding hydrogens is 356 g/mol. The van der Waals surface area contributed by atoms with E-state index in [-0.39, 0.29) is 0 Å². The summed E-state index contributed by atoms with van der Waals surface area (Å²) in [5.41, 5.74) is 7.71. The van der Waals surface area contributed by atoms with Gasteiger partial charge in [-0.2, -0.15) is 0 Å². The van der Waals surface area contributed by atoms with Crippen LogP contribution in [-0.4, -0.2) is 24.5 Å². The Kier molecular flexibility index (Phi) is 4.52. The maximum atomic E-state index is 5.99. The number of halogens is 2. The lowest BCUT2D eigenvalue weighted by Gasteiger charge is -2.28. The van der Waals surface area contributed by atoms with E-state index in [2.05, 4.69) is 68.8 Å². The topological polar surface area (TPSA) is 29.3 Å². The highest BCUT2D eigenvalue weighted by atomic mass is 79.9. The summed E-state index contributed by atoms with van der Waals surface area (Å²) < 4.78 is 2.18. The lowest BCUT2D eigenvalue weighted by atomic mass is 9.93. The molecule has 1 aliphatic rings. The fourth-order valence-corrected chi connectivity index (χ4v) is 3.28. The summed E-state index contributed by atoms with van der Waals surface area (Å²) in [7, 11) is 0. The Morgan fingerprint density at radius 3 is 2.56 bits per heavy atom. The monoisotopic (exact) mass is 374 g/mol. The van der Waals surface area contributed by atoms with Crippen LogP contribution in [0, 0.1) is 5.41 Å². The van der Waals surface area contributed by atoms with Crippen LogP contribution in [-0.2, 0) is 0 Å². The van der Waals surface area contributed by atoms with E-state index in [9.17, 15) is 0 Å². The van der Waals surface area contributed by atoms with Crippen molar-refractivity contribution in [3.8, 4) is 0 Å². The second kappa shape index (κ2) is 5.61. The summed E-state index contributed by atoms with van der Waals surface area (Å²) in [5.74, 6) is 0. The van der Waals surface area contributed by atoms with Gasteiger partial charge in [0.25, 0.3) is 0 Å². The maximum absolute atomic E-state index is 5.99. The van der Waals surface area contributed by atoms with E-state index >= 15 is 0 Å².